The van der Waals surface area contributed by atoms with Crippen LogP contribution in [0, 0.1) is 11.8 Å². The lowest BCUT2D eigenvalue weighted by Crippen LogP contribution is -2.54. The molecule has 6 heteroatoms. The molecule has 3 nitrogen and oxygen atoms in total. The normalized spacial score (nSPS) is 26.6. The van der Waals surface area contributed by atoms with Crippen molar-refractivity contribution in [3.8, 4) is 0 Å². The Bertz CT molecular complexity index is 1120. The van der Waals surface area contributed by atoms with E-state index in [-0.39, 0.29) is 6.04 Å². The fraction of sp³-hybridized carbons (Fsp3) is 0.346. The van der Waals surface area contributed by atoms with Gasteiger partial charge in [-0.2, -0.15) is 13.2 Å². The van der Waals surface area contributed by atoms with Crippen LogP contribution >= 0.6 is 0 Å². The molecule has 2 aromatic carbocycles. The first-order valence-electron chi connectivity index (χ1n) is 11.0. The van der Waals surface area contributed by atoms with Crippen LogP contribution in [0.5, 0.6) is 0 Å². The molecule has 3 aliphatic heterocycles. The number of benzene rings is 2. The zero-order chi connectivity index (χ0) is 22.3. The van der Waals surface area contributed by atoms with Crippen LogP contribution in [0.15, 0.2) is 66.9 Å². The van der Waals surface area contributed by atoms with E-state index in [0.717, 1.165) is 60.1 Å². The Balaban J connectivity index is 1.30. The number of fused-ring (bicyclic) bond motifs is 4. The SMILES string of the molecule is O[C@H](c1ccnc2ccccc12)C1CC2CCN1CC2/C=C/c1ccc(C(F)(F)F)cc1. The van der Waals surface area contributed by atoms with E-state index < -0.39 is 17.8 Å². The van der Waals surface area contributed by atoms with E-state index >= 15 is 0 Å². The summed E-state index contributed by atoms with van der Waals surface area (Å²) in [5, 5.41) is 12.3. The second-order valence-electron chi connectivity index (χ2n) is 8.85. The Morgan fingerprint density at radius 2 is 1.84 bits per heavy atom. The van der Waals surface area contributed by atoms with Crippen LogP contribution in [-0.2, 0) is 6.18 Å². The van der Waals surface area contributed by atoms with Crippen LogP contribution in [0.4, 0.5) is 13.2 Å². The van der Waals surface area contributed by atoms with Crippen molar-refractivity contribution in [3.63, 3.8) is 0 Å². The summed E-state index contributed by atoms with van der Waals surface area (Å²) < 4.78 is 38.3. The number of para-hydroxylation sites is 1. The van der Waals surface area contributed by atoms with Crippen LogP contribution in [-0.4, -0.2) is 34.1 Å². The van der Waals surface area contributed by atoms with Crippen molar-refractivity contribution in [1.82, 2.24) is 9.88 Å². The molecule has 32 heavy (non-hydrogen) atoms. The molecule has 166 valence electrons. The second-order valence-corrected chi connectivity index (χ2v) is 8.85. The van der Waals surface area contributed by atoms with E-state index in [4.69, 9.17) is 0 Å². The number of aliphatic hydroxyl groups excluding tert-OH is 1. The van der Waals surface area contributed by atoms with Crippen molar-refractivity contribution in [2.45, 2.75) is 31.2 Å². The third kappa shape index (κ3) is 4.05. The van der Waals surface area contributed by atoms with E-state index in [2.05, 4.69) is 16.0 Å². The highest BCUT2D eigenvalue weighted by molar-refractivity contribution is 5.82. The molecule has 5 atom stereocenters. The van der Waals surface area contributed by atoms with Gasteiger partial charge in [-0.3, -0.25) is 9.88 Å². The molecule has 1 N–H and O–H groups in total. The molecule has 3 fully saturated rings. The summed E-state index contributed by atoms with van der Waals surface area (Å²) in [5.41, 5.74) is 1.95. The molecule has 0 aliphatic carbocycles. The first kappa shape index (κ1) is 21.2. The van der Waals surface area contributed by atoms with Crippen LogP contribution in [0.2, 0.25) is 0 Å². The van der Waals surface area contributed by atoms with Gasteiger partial charge in [-0.25, -0.2) is 0 Å². The highest BCUT2D eigenvalue weighted by Gasteiger charge is 2.42. The van der Waals surface area contributed by atoms with Crippen LogP contribution in [0.3, 0.4) is 0 Å². The minimum atomic E-state index is -4.31. The third-order valence-electron chi connectivity index (χ3n) is 6.99. The van der Waals surface area contributed by atoms with E-state index in [1.54, 1.807) is 6.20 Å². The molecular weight excluding hydrogens is 413 g/mol. The topological polar surface area (TPSA) is 36.4 Å². The maximum absolute atomic E-state index is 12.8. The van der Waals surface area contributed by atoms with Gasteiger partial charge in [0.1, 0.15) is 0 Å². The van der Waals surface area contributed by atoms with E-state index in [0.29, 0.717) is 11.8 Å². The van der Waals surface area contributed by atoms with Gasteiger partial charge in [0, 0.05) is 24.2 Å². The number of halogens is 3. The number of nitrogens with zero attached hydrogens (tertiary/aromatic N) is 2. The smallest absolute Gasteiger partial charge is 0.387 e. The molecule has 0 saturated carbocycles. The van der Waals surface area contributed by atoms with Crippen molar-refractivity contribution in [3.05, 3.63) is 83.6 Å². The molecule has 3 aromatic rings. The zero-order valence-corrected chi connectivity index (χ0v) is 17.5. The summed E-state index contributed by atoms with van der Waals surface area (Å²) >= 11 is 0. The monoisotopic (exact) mass is 438 g/mol. The molecule has 4 unspecified atom stereocenters. The summed E-state index contributed by atoms with van der Waals surface area (Å²) in [7, 11) is 0. The lowest BCUT2D eigenvalue weighted by molar-refractivity contribution is -0.137. The Labute approximate surface area is 185 Å². The minimum absolute atomic E-state index is 0.0651. The molecule has 0 amide bonds. The molecule has 3 aliphatic rings. The molecule has 3 saturated heterocycles. The fourth-order valence-corrected chi connectivity index (χ4v) is 5.26. The largest absolute Gasteiger partial charge is 0.416 e. The number of aromatic nitrogens is 1. The fourth-order valence-electron chi connectivity index (χ4n) is 5.26. The lowest BCUT2D eigenvalue weighted by Gasteiger charge is -2.50. The van der Waals surface area contributed by atoms with Gasteiger partial charge in [0.05, 0.1) is 17.2 Å². The number of rotatable bonds is 4. The molecule has 2 bridgehead atoms. The predicted molar refractivity (Wildman–Crippen MR) is 119 cm³/mol. The molecule has 0 radical (unpaired) electrons. The minimum Gasteiger partial charge on any atom is -0.387 e. The standard InChI is InChI=1S/C26H25F3N2O/c27-26(28,29)20-9-6-17(7-10-20)5-8-19-16-31-14-12-18(19)15-24(31)25(32)22-11-13-30-23-4-2-1-3-21(22)23/h1-11,13,18-19,24-25,32H,12,14-16H2/b8-5+/t18?,19?,24?,25-/m1/s1. The van der Waals surface area contributed by atoms with E-state index in [1.807, 2.05) is 36.4 Å². The maximum atomic E-state index is 12.8. The molecular formula is C26H25F3N2O. The highest BCUT2D eigenvalue weighted by Crippen LogP contribution is 2.42. The van der Waals surface area contributed by atoms with Crippen LogP contribution in [0.1, 0.15) is 35.6 Å². The number of pyridine rings is 1. The van der Waals surface area contributed by atoms with Gasteiger partial charge in [0.2, 0.25) is 0 Å². The Morgan fingerprint density at radius 3 is 2.56 bits per heavy atom. The summed E-state index contributed by atoms with van der Waals surface area (Å²) in [6, 6.07) is 15.1. The quantitative estimate of drug-likeness (QED) is 0.567. The van der Waals surface area contributed by atoms with Gasteiger partial charge in [-0.1, -0.05) is 42.5 Å². The number of piperidine rings is 3. The number of hydrogen-bond acceptors (Lipinski definition) is 3. The van der Waals surface area contributed by atoms with E-state index in [9.17, 15) is 18.3 Å². The molecule has 1 aromatic heterocycles. The lowest BCUT2D eigenvalue weighted by atomic mass is 9.73. The van der Waals surface area contributed by atoms with Crippen molar-refractivity contribution in [2.24, 2.45) is 11.8 Å². The highest BCUT2D eigenvalue weighted by atomic mass is 19.4. The summed E-state index contributed by atoms with van der Waals surface area (Å²) in [6.45, 7) is 1.81. The first-order chi connectivity index (χ1) is 15.4. The maximum Gasteiger partial charge on any atom is 0.416 e. The molecule has 4 heterocycles. The molecule has 6 rings (SSSR count). The average molecular weight is 438 g/mol. The van der Waals surface area contributed by atoms with Crippen molar-refractivity contribution in [2.75, 3.05) is 13.1 Å². The Hall–Kier alpha value is -2.70. The second kappa shape index (κ2) is 8.34. The van der Waals surface area contributed by atoms with Gasteiger partial charge >= 0.3 is 6.18 Å². The van der Waals surface area contributed by atoms with Crippen molar-refractivity contribution in [1.29, 1.82) is 0 Å². The zero-order valence-electron chi connectivity index (χ0n) is 17.5. The Kier molecular flexibility index (Phi) is 5.51. The first-order valence-corrected chi connectivity index (χ1v) is 11.0. The van der Waals surface area contributed by atoms with E-state index in [1.165, 1.54) is 12.1 Å². The van der Waals surface area contributed by atoms with Gasteiger partial charge in [-0.05, 0) is 66.6 Å². The van der Waals surface area contributed by atoms with Gasteiger partial charge in [0.25, 0.3) is 0 Å². The van der Waals surface area contributed by atoms with Crippen molar-refractivity contribution < 1.29 is 18.3 Å². The van der Waals surface area contributed by atoms with Crippen molar-refractivity contribution >= 4 is 17.0 Å². The summed E-state index contributed by atoms with van der Waals surface area (Å²) in [4.78, 5) is 6.77. The predicted octanol–water partition coefficient (Wildman–Crippen LogP) is 5.71. The number of hydrogen-bond donors (Lipinski definition) is 1. The number of alkyl halides is 3. The van der Waals surface area contributed by atoms with Crippen LogP contribution < -0.4 is 0 Å². The van der Waals surface area contributed by atoms with Gasteiger partial charge < -0.3 is 5.11 Å². The summed E-state index contributed by atoms with van der Waals surface area (Å²) in [6.07, 6.45) is 2.90. The van der Waals surface area contributed by atoms with Gasteiger partial charge in [0.15, 0.2) is 0 Å². The summed E-state index contributed by atoms with van der Waals surface area (Å²) in [5.74, 6) is 0.794. The Morgan fingerprint density at radius 1 is 1.06 bits per heavy atom. The van der Waals surface area contributed by atoms with Crippen LogP contribution in [0.25, 0.3) is 17.0 Å². The average Bonchev–Trinajstić information content (AvgIpc) is 2.82. The number of aliphatic hydroxyl groups is 1. The van der Waals surface area contributed by atoms with Gasteiger partial charge in [-0.15, -0.1) is 0 Å². The third-order valence-corrected chi connectivity index (χ3v) is 6.99. The molecule has 0 spiro atoms.